The number of nitrogens with zero attached hydrogens (tertiary/aromatic N) is 1. The summed E-state index contributed by atoms with van der Waals surface area (Å²) in [7, 11) is 0. The molecule has 1 atom stereocenters. The lowest BCUT2D eigenvalue weighted by Gasteiger charge is -2.16. The molecule has 1 N–H and O–H groups in total. The quantitative estimate of drug-likeness (QED) is 0.718. The number of aromatic amines is 1. The molecular formula is C13H11FN2. The van der Waals surface area contributed by atoms with Crippen molar-refractivity contribution < 1.29 is 4.39 Å². The minimum atomic E-state index is -0.236. The predicted molar refractivity (Wildman–Crippen MR) is 59.5 cm³/mol. The highest BCUT2D eigenvalue weighted by atomic mass is 19.1. The van der Waals surface area contributed by atoms with Gasteiger partial charge in [0.2, 0.25) is 0 Å². The van der Waals surface area contributed by atoms with Crippen LogP contribution in [0.2, 0.25) is 0 Å². The van der Waals surface area contributed by atoms with E-state index < -0.39 is 0 Å². The summed E-state index contributed by atoms with van der Waals surface area (Å²) < 4.78 is 13.1. The molecule has 2 nitrogen and oxygen atoms in total. The first-order valence-electron chi connectivity index (χ1n) is 5.49. The van der Waals surface area contributed by atoms with Gasteiger partial charge in [-0.15, -0.1) is 0 Å². The second-order valence-corrected chi connectivity index (χ2v) is 4.28. The third-order valence-corrected chi connectivity index (χ3v) is 3.31. The molecular weight excluding hydrogens is 203 g/mol. The second kappa shape index (κ2) is 3.34. The molecule has 0 bridgehead atoms. The molecule has 0 fully saturated rings. The first kappa shape index (κ1) is 9.41. The number of halogens is 1. The summed E-state index contributed by atoms with van der Waals surface area (Å²) in [5, 5.41) is 10.1. The van der Waals surface area contributed by atoms with Gasteiger partial charge in [-0.25, -0.2) is 4.39 Å². The Morgan fingerprint density at radius 1 is 1.44 bits per heavy atom. The molecule has 0 spiro atoms. The molecule has 0 saturated carbocycles. The van der Waals surface area contributed by atoms with Crippen LogP contribution in [-0.4, -0.2) is 4.98 Å². The Morgan fingerprint density at radius 2 is 2.31 bits per heavy atom. The highest BCUT2D eigenvalue weighted by Gasteiger charge is 2.24. The maximum absolute atomic E-state index is 13.1. The Bertz CT molecular complexity index is 592. The number of benzene rings is 1. The van der Waals surface area contributed by atoms with Crippen LogP contribution in [0.15, 0.2) is 18.2 Å². The van der Waals surface area contributed by atoms with Crippen molar-refractivity contribution in [3.63, 3.8) is 0 Å². The summed E-state index contributed by atoms with van der Waals surface area (Å²) in [6, 6.07) is 7.07. The normalized spacial score (nSPS) is 19.4. The fourth-order valence-electron chi connectivity index (χ4n) is 2.60. The summed E-state index contributed by atoms with van der Waals surface area (Å²) in [5.74, 6) is -0.275. The van der Waals surface area contributed by atoms with E-state index in [1.54, 1.807) is 6.07 Å². The van der Waals surface area contributed by atoms with Gasteiger partial charge in [0, 0.05) is 16.6 Å². The molecule has 1 aromatic heterocycles. The standard InChI is InChI=1S/C13H11FN2/c14-9-4-5-10-12(6-9)16-11-3-1-2-8(7-15)13(10)11/h4-6,8,16H,1-3H2. The third kappa shape index (κ3) is 1.23. The minimum Gasteiger partial charge on any atom is -0.358 e. The van der Waals surface area contributed by atoms with Gasteiger partial charge < -0.3 is 4.98 Å². The van der Waals surface area contributed by atoms with Crippen LogP contribution < -0.4 is 0 Å². The summed E-state index contributed by atoms with van der Waals surface area (Å²) in [5.41, 5.74) is 3.01. The van der Waals surface area contributed by atoms with E-state index in [0.717, 1.165) is 41.4 Å². The van der Waals surface area contributed by atoms with Crippen LogP contribution in [0.1, 0.15) is 30.0 Å². The number of hydrogen-bond donors (Lipinski definition) is 1. The van der Waals surface area contributed by atoms with Gasteiger partial charge in [-0.1, -0.05) is 0 Å². The van der Waals surface area contributed by atoms with Crippen molar-refractivity contribution in [2.45, 2.75) is 25.2 Å². The summed E-state index contributed by atoms with van der Waals surface area (Å²) in [6.45, 7) is 0. The minimum absolute atomic E-state index is 0.0389. The van der Waals surface area contributed by atoms with Gasteiger partial charge in [0.25, 0.3) is 0 Å². The Kier molecular flexibility index (Phi) is 1.97. The first-order valence-corrected chi connectivity index (χ1v) is 5.49. The van der Waals surface area contributed by atoms with Gasteiger partial charge in [0.05, 0.1) is 12.0 Å². The zero-order chi connectivity index (χ0) is 11.1. The van der Waals surface area contributed by atoms with E-state index in [9.17, 15) is 4.39 Å². The Balaban J connectivity index is 2.31. The van der Waals surface area contributed by atoms with Crippen LogP contribution in [0, 0.1) is 17.1 Å². The van der Waals surface area contributed by atoms with Crippen molar-refractivity contribution in [3.05, 3.63) is 35.3 Å². The Labute approximate surface area is 92.7 Å². The van der Waals surface area contributed by atoms with Gasteiger partial charge >= 0.3 is 0 Å². The number of nitriles is 1. The van der Waals surface area contributed by atoms with E-state index in [0.29, 0.717) is 0 Å². The van der Waals surface area contributed by atoms with Crippen LogP contribution in [0.5, 0.6) is 0 Å². The van der Waals surface area contributed by atoms with E-state index in [2.05, 4.69) is 11.1 Å². The summed E-state index contributed by atoms with van der Waals surface area (Å²) >= 11 is 0. The molecule has 1 unspecified atom stereocenters. The van der Waals surface area contributed by atoms with Crippen LogP contribution in [0.3, 0.4) is 0 Å². The Morgan fingerprint density at radius 3 is 3.12 bits per heavy atom. The predicted octanol–water partition coefficient (Wildman–Crippen LogP) is 3.25. The molecule has 16 heavy (non-hydrogen) atoms. The monoisotopic (exact) mass is 214 g/mol. The van der Waals surface area contributed by atoms with Crippen LogP contribution in [-0.2, 0) is 6.42 Å². The molecule has 1 heterocycles. The number of H-pyrrole nitrogens is 1. The van der Waals surface area contributed by atoms with Crippen molar-refractivity contribution in [3.8, 4) is 6.07 Å². The van der Waals surface area contributed by atoms with Crippen molar-refractivity contribution in [2.75, 3.05) is 0 Å². The molecule has 0 amide bonds. The fourth-order valence-corrected chi connectivity index (χ4v) is 2.60. The molecule has 3 heteroatoms. The zero-order valence-corrected chi connectivity index (χ0v) is 8.76. The lowest BCUT2D eigenvalue weighted by Crippen LogP contribution is -2.06. The number of aryl methyl sites for hydroxylation is 1. The lowest BCUT2D eigenvalue weighted by molar-refractivity contribution is 0.629. The van der Waals surface area contributed by atoms with Gasteiger partial charge in [-0.2, -0.15) is 5.26 Å². The molecule has 80 valence electrons. The largest absolute Gasteiger partial charge is 0.358 e. The molecule has 0 radical (unpaired) electrons. The molecule has 0 saturated heterocycles. The van der Waals surface area contributed by atoms with Crippen molar-refractivity contribution in [1.29, 1.82) is 5.26 Å². The van der Waals surface area contributed by atoms with Crippen LogP contribution >= 0.6 is 0 Å². The average Bonchev–Trinajstić information content (AvgIpc) is 2.65. The number of rotatable bonds is 0. The van der Waals surface area contributed by atoms with Crippen molar-refractivity contribution in [2.24, 2.45) is 0 Å². The Hall–Kier alpha value is -1.82. The number of nitrogens with one attached hydrogen (secondary N) is 1. The third-order valence-electron chi connectivity index (χ3n) is 3.31. The zero-order valence-electron chi connectivity index (χ0n) is 8.76. The maximum Gasteiger partial charge on any atom is 0.125 e. The highest BCUT2D eigenvalue weighted by Crippen LogP contribution is 2.36. The van der Waals surface area contributed by atoms with Crippen LogP contribution in [0.25, 0.3) is 10.9 Å². The van der Waals surface area contributed by atoms with Crippen LogP contribution in [0.4, 0.5) is 4.39 Å². The van der Waals surface area contributed by atoms with E-state index >= 15 is 0 Å². The molecule has 3 rings (SSSR count). The first-order chi connectivity index (χ1) is 7.79. The molecule has 0 aliphatic heterocycles. The van der Waals surface area contributed by atoms with Gasteiger partial charge in [-0.3, -0.25) is 0 Å². The summed E-state index contributed by atoms with van der Waals surface area (Å²) in [4.78, 5) is 3.23. The van der Waals surface area contributed by atoms with E-state index in [1.807, 2.05) is 0 Å². The lowest BCUT2D eigenvalue weighted by atomic mass is 9.86. The fraction of sp³-hybridized carbons (Fsp3) is 0.308. The van der Waals surface area contributed by atoms with E-state index in [1.165, 1.54) is 12.1 Å². The maximum atomic E-state index is 13.1. The van der Waals surface area contributed by atoms with Gasteiger partial charge in [0.15, 0.2) is 0 Å². The SMILES string of the molecule is N#CC1CCCc2[nH]c3cc(F)ccc3c21. The number of aromatic nitrogens is 1. The van der Waals surface area contributed by atoms with E-state index in [4.69, 9.17) is 5.26 Å². The van der Waals surface area contributed by atoms with Gasteiger partial charge in [-0.05, 0) is 43.0 Å². The second-order valence-electron chi connectivity index (χ2n) is 4.28. The van der Waals surface area contributed by atoms with Gasteiger partial charge in [0.1, 0.15) is 5.82 Å². The molecule has 2 aromatic rings. The van der Waals surface area contributed by atoms with E-state index in [-0.39, 0.29) is 11.7 Å². The summed E-state index contributed by atoms with van der Waals surface area (Å²) in [6.07, 6.45) is 2.90. The molecule has 1 aliphatic rings. The smallest absolute Gasteiger partial charge is 0.125 e. The average molecular weight is 214 g/mol. The topological polar surface area (TPSA) is 39.6 Å². The molecule has 1 aromatic carbocycles. The highest BCUT2D eigenvalue weighted by molar-refractivity contribution is 5.86. The van der Waals surface area contributed by atoms with Crippen molar-refractivity contribution >= 4 is 10.9 Å². The van der Waals surface area contributed by atoms with Crippen molar-refractivity contribution in [1.82, 2.24) is 4.98 Å². The number of fused-ring (bicyclic) bond motifs is 3. The molecule has 1 aliphatic carbocycles. The number of hydrogen-bond acceptors (Lipinski definition) is 1.